The molecule has 1 aromatic rings. The minimum Gasteiger partial charge on any atom is -0.326 e. The topological polar surface area (TPSA) is 26.0 Å². The second-order valence-electron chi connectivity index (χ2n) is 1.61. The van der Waals surface area contributed by atoms with Gasteiger partial charge in [0.2, 0.25) is 0 Å². The summed E-state index contributed by atoms with van der Waals surface area (Å²) in [5.41, 5.74) is 6.49. The summed E-state index contributed by atoms with van der Waals surface area (Å²) in [5, 5.41) is 0. The fourth-order valence-electron chi connectivity index (χ4n) is 0.557. The van der Waals surface area contributed by atoms with E-state index >= 15 is 0 Å². The van der Waals surface area contributed by atoms with Gasteiger partial charge in [0.25, 0.3) is 0 Å². The van der Waals surface area contributed by atoms with Gasteiger partial charge in [-0.1, -0.05) is 24.3 Å². The predicted molar refractivity (Wildman–Crippen MR) is 33.2 cm³/mol. The third-order valence-electron chi connectivity index (χ3n) is 1.02. The van der Waals surface area contributed by atoms with Crippen molar-refractivity contribution >= 4 is 0 Å². The second-order valence-corrected chi connectivity index (χ2v) is 1.61. The van der Waals surface area contributed by atoms with Crippen molar-refractivity contribution in [1.82, 2.24) is 0 Å². The van der Waals surface area contributed by atoms with E-state index in [4.69, 9.17) is 5.73 Å². The second kappa shape index (κ2) is 5.33. The summed E-state index contributed by atoms with van der Waals surface area (Å²) in [6.45, 7) is 0.620. The monoisotopic (exact) mass is 248 g/mol. The molecule has 1 aromatic carbocycles. The third kappa shape index (κ3) is 3.28. The Balaban J connectivity index is 0.000000640. The Hall–Kier alpha value is 0.531. The van der Waals surface area contributed by atoms with Crippen molar-refractivity contribution in [2.75, 3.05) is 0 Å². The molecule has 1 radical (unpaired) electrons. The Labute approximate surface area is 88.2 Å². The molecule has 2 N–H and O–H groups in total. The number of nitrogens with two attached hydrogens (primary N) is 1. The molecule has 0 saturated heterocycles. The zero-order valence-corrected chi connectivity index (χ0v) is 8.30. The summed E-state index contributed by atoms with van der Waals surface area (Å²) < 4.78 is 0. The van der Waals surface area contributed by atoms with Crippen LogP contribution in [0, 0.1) is 46.9 Å². The average molecular weight is 250 g/mol. The zero-order valence-electron chi connectivity index (χ0n) is 5.09. The molecule has 0 aliphatic rings. The molecular formula is C7H8NNd. The van der Waals surface area contributed by atoms with E-state index in [1.165, 1.54) is 0 Å². The maximum absolute atomic E-state index is 5.34. The van der Waals surface area contributed by atoms with Crippen LogP contribution >= 0.6 is 0 Å². The van der Waals surface area contributed by atoms with E-state index in [2.05, 4.69) is 6.07 Å². The molecule has 1 rings (SSSR count). The van der Waals surface area contributed by atoms with Crippen molar-refractivity contribution in [3.63, 3.8) is 0 Å². The van der Waals surface area contributed by atoms with Crippen LogP contribution in [0.5, 0.6) is 0 Å². The fraction of sp³-hybridized carbons (Fsp3) is 0.143. The van der Waals surface area contributed by atoms with E-state index < -0.39 is 0 Å². The molecule has 0 amide bonds. The summed E-state index contributed by atoms with van der Waals surface area (Å²) in [5.74, 6) is 0. The van der Waals surface area contributed by atoms with E-state index in [-0.39, 0.29) is 40.8 Å². The van der Waals surface area contributed by atoms with Crippen molar-refractivity contribution in [1.29, 1.82) is 0 Å². The van der Waals surface area contributed by atoms with Crippen molar-refractivity contribution in [2.24, 2.45) is 5.73 Å². The molecule has 45 valence electrons. The smallest absolute Gasteiger partial charge is 0.0178 e. The molecule has 1 nitrogen and oxygen atoms in total. The van der Waals surface area contributed by atoms with Gasteiger partial charge in [0.05, 0.1) is 0 Å². The van der Waals surface area contributed by atoms with Gasteiger partial charge in [0.1, 0.15) is 0 Å². The Morgan fingerprint density at radius 3 is 2.22 bits per heavy atom. The Kier molecular flexibility index (Phi) is 5.64. The number of benzene rings is 1. The molecule has 9 heavy (non-hydrogen) atoms. The number of hydrogen-bond donors (Lipinski definition) is 1. The third-order valence-corrected chi connectivity index (χ3v) is 1.02. The summed E-state index contributed by atoms with van der Waals surface area (Å²) in [7, 11) is 0. The maximum Gasteiger partial charge on any atom is 0.0178 e. The van der Waals surface area contributed by atoms with E-state index in [1.54, 1.807) is 0 Å². The first-order valence-electron chi connectivity index (χ1n) is 2.58. The van der Waals surface area contributed by atoms with E-state index in [9.17, 15) is 0 Å². The Morgan fingerprint density at radius 2 is 1.89 bits per heavy atom. The van der Waals surface area contributed by atoms with Crippen LogP contribution < -0.4 is 5.73 Å². The van der Waals surface area contributed by atoms with E-state index in [0.29, 0.717) is 6.54 Å². The van der Waals surface area contributed by atoms with Crippen LogP contribution in [0.4, 0.5) is 0 Å². The van der Waals surface area contributed by atoms with Gasteiger partial charge in [-0.2, -0.15) is 0 Å². The van der Waals surface area contributed by atoms with Crippen LogP contribution in [0.25, 0.3) is 0 Å². The van der Waals surface area contributed by atoms with Crippen LogP contribution in [-0.2, 0) is 6.54 Å². The van der Waals surface area contributed by atoms with Gasteiger partial charge in [-0.15, -0.1) is 0 Å². The average Bonchev–Trinajstić information content (AvgIpc) is 1.90. The Morgan fingerprint density at radius 1 is 1.33 bits per heavy atom. The van der Waals surface area contributed by atoms with Gasteiger partial charge in [0.15, 0.2) is 0 Å². The zero-order chi connectivity index (χ0) is 5.82. The number of rotatable bonds is 1. The van der Waals surface area contributed by atoms with Crippen molar-refractivity contribution in [3.05, 3.63) is 35.9 Å². The number of hydrogen-bond acceptors (Lipinski definition) is 1. The van der Waals surface area contributed by atoms with E-state index in [1.807, 2.05) is 24.3 Å². The first kappa shape index (κ1) is 9.53. The standard InChI is InChI=1S/C7H8N.Nd/c8-6-7-4-2-1-3-5-7;/h2-5H,6,8H2;. The summed E-state index contributed by atoms with van der Waals surface area (Å²) in [4.78, 5) is 0. The molecule has 0 fully saturated rings. The molecule has 0 aromatic heterocycles. The van der Waals surface area contributed by atoms with Gasteiger partial charge in [-0.25, -0.2) is 0 Å². The minimum absolute atomic E-state index is 0. The van der Waals surface area contributed by atoms with Gasteiger partial charge in [-0.3, -0.25) is 0 Å². The van der Waals surface area contributed by atoms with Crippen LogP contribution in [0.15, 0.2) is 24.3 Å². The molecule has 2 heteroatoms. The van der Waals surface area contributed by atoms with Crippen LogP contribution in [0.3, 0.4) is 0 Å². The summed E-state index contributed by atoms with van der Waals surface area (Å²) in [6.07, 6.45) is 0. The molecule has 0 saturated carbocycles. The van der Waals surface area contributed by atoms with Gasteiger partial charge in [-0.05, 0) is 11.6 Å². The van der Waals surface area contributed by atoms with Crippen LogP contribution in [0.1, 0.15) is 5.56 Å². The van der Waals surface area contributed by atoms with Crippen molar-refractivity contribution in [3.8, 4) is 0 Å². The van der Waals surface area contributed by atoms with Crippen molar-refractivity contribution < 1.29 is 40.8 Å². The molecule has 0 aliphatic carbocycles. The first-order chi connectivity index (χ1) is 3.93. The fourth-order valence-corrected chi connectivity index (χ4v) is 0.557. The molecule has 0 atom stereocenters. The quantitative estimate of drug-likeness (QED) is 0.789. The molecular weight excluding hydrogens is 242 g/mol. The van der Waals surface area contributed by atoms with Crippen LogP contribution in [0.2, 0.25) is 0 Å². The molecule has 0 aliphatic heterocycles. The first-order valence-corrected chi connectivity index (χ1v) is 2.58. The Bertz CT molecular complexity index is 150. The summed E-state index contributed by atoms with van der Waals surface area (Å²) >= 11 is 0. The van der Waals surface area contributed by atoms with Gasteiger partial charge < -0.3 is 5.73 Å². The minimum atomic E-state index is 0. The van der Waals surface area contributed by atoms with Gasteiger partial charge in [0, 0.05) is 47.4 Å². The molecule has 0 spiro atoms. The SMILES string of the molecule is NCc1cc[c]cc1.[Nd]. The normalized spacial score (nSPS) is 8.11. The molecule has 0 bridgehead atoms. The largest absolute Gasteiger partial charge is 0.326 e. The predicted octanol–water partition coefficient (Wildman–Crippen LogP) is 0.945. The molecule has 0 unspecified atom stereocenters. The molecule has 0 heterocycles. The van der Waals surface area contributed by atoms with E-state index in [0.717, 1.165) is 5.56 Å². The van der Waals surface area contributed by atoms with Gasteiger partial charge >= 0.3 is 0 Å². The summed E-state index contributed by atoms with van der Waals surface area (Å²) in [6, 6.07) is 10.6. The van der Waals surface area contributed by atoms with Crippen LogP contribution in [-0.4, -0.2) is 0 Å². The van der Waals surface area contributed by atoms with Crippen molar-refractivity contribution in [2.45, 2.75) is 6.54 Å². The maximum atomic E-state index is 5.34.